The third-order valence-electron chi connectivity index (χ3n) is 3.04. The third kappa shape index (κ3) is 3.68. The van der Waals surface area contributed by atoms with Gasteiger partial charge in [0.25, 0.3) is 0 Å². The van der Waals surface area contributed by atoms with Gasteiger partial charge in [0.1, 0.15) is 11.1 Å². The van der Waals surface area contributed by atoms with E-state index >= 15 is 0 Å². The Kier molecular flexibility index (Phi) is 4.78. The summed E-state index contributed by atoms with van der Waals surface area (Å²) in [6.07, 6.45) is 1.88. The second kappa shape index (κ2) is 6.23. The molecule has 114 valence electrons. The number of benzene rings is 1. The SMILES string of the molecule is O=C(OCc1c(F)c(F)cc(F)c1F)[C@H]1C[C@@H]1C=C(Cl)Cl. The van der Waals surface area contributed by atoms with Crippen LogP contribution < -0.4 is 0 Å². The van der Waals surface area contributed by atoms with E-state index in [4.69, 9.17) is 23.2 Å². The molecule has 0 spiro atoms. The van der Waals surface area contributed by atoms with Crippen LogP contribution in [-0.2, 0) is 16.1 Å². The summed E-state index contributed by atoms with van der Waals surface area (Å²) in [4.78, 5) is 11.6. The molecule has 1 aromatic rings. The van der Waals surface area contributed by atoms with Crippen LogP contribution in [-0.4, -0.2) is 5.97 Å². The Bertz CT molecular complexity index is 588. The Morgan fingerprint density at radius 1 is 1.24 bits per heavy atom. The van der Waals surface area contributed by atoms with Crippen molar-refractivity contribution < 1.29 is 27.1 Å². The van der Waals surface area contributed by atoms with Crippen molar-refractivity contribution in [1.29, 1.82) is 0 Å². The normalized spacial score (nSPS) is 20.1. The molecule has 0 bridgehead atoms. The van der Waals surface area contributed by atoms with Crippen LogP contribution in [0.4, 0.5) is 17.6 Å². The fraction of sp³-hybridized carbons (Fsp3) is 0.308. The molecule has 2 rings (SSSR count). The molecule has 0 amide bonds. The van der Waals surface area contributed by atoms with Gasteiger partial charge in [-0.15, -0.1) is 0 Å². The summed E-state index contributed by atoms with van der Waals surface area (Å²) in [5.74, 6) is -7.75. The number of halogens is 6. The molecule has 2 atom stereocenters. The Balaban J connectivity index is 2.02. The molecule has 1 fully saturated rings. The first kappa shape index (κ1) is 16.1. The van der Waals surface area contributed by atoms with Gasteiger partial charge >= 0.3 is 5.97 Å². The van der Waals surface area contributed by atoms with Gasteiger partial charge in [-0.3, -0.25) is 4.79 Å². The number of allylic oxidation sites excluding steroid dienone is 1. The molecule has 21 heavy (non-hydrogen) atoms. The molecule has 1 aliphatic carbocycles. The first-order chi connectivity index (χ1) is 9.81. The minimum atomic E-state index is -1.59. The van der Waals surface area contributed by atoms with Crippen molar-refractivity contribution in [2.75, 3.05) is 0 Å². The zero-order chi connectivity index (χ0) is 15.7. The van der Waals surface area contributed by atoms with Gasteiger partial charge in [0, 0.05) is 6.07 Å². The van der Waals surface area contributed by atoms with Gasteiger partial charge in [0.2, 0.25) is 0 Å². The lowest BCUT2D eigenvalue weighted by Crippen LogP contribution is -2.11. The lowest BCUT2D eigenvalue weighted by atomic mass is 10.2. The molecule has 1 saturated carbocycles. The van der Waals surface area contributed by atoms with Gasteiger partial charge in [-0.2, -0.15) is 0 Å². The van der Waals surface area contributed by atoms with E-state index < -0.39 is 47.3 Å². The zero-order valence-corrected chi connectivity index (χ0v) is 11.8. The quantitative estimate of drug-likeness (QED) is 0.464. The minimum Gasteiger partial charge on any atom is -0.460 e. The largest absolute Gasteiger partial charge is 0.460 e. The van der Waals surface area contributed by atoms with Gasteiger partial charge in [-0.1, -0.05) is 29.3 Å². The van der Waals surface area contributed by atoms with E-state index in [0.29, 0.717) is 6.42 Å². The number of hydrogen-bond acceptors (Lipinski definition) is 2. The van der Waals surface area contributed by atoms with Crippen LogP contribution in [0.25, 0.3) is 0 Å². The van der Waals surface area contributed by atoms with Crippen LogP contribution >= 0.6 is 23.2 Å². The number of rotatable bonds is 4. The molecule has 0 aliphatic heterocycles. The average Bonchev–Trinajstić information content (AvgIpc) is 3.14. The predicted octanol–water partition coefficient (Wildman–Crippen LogP) is 4.24. The third-order valence-corrected chi connectivity index (χ3v) is 3.30. The molecule has 0 unspecified atom stereocenters. The van der Waals surface area contributed by atoms with Crippen LogP contribution in [0.5, 0.6) is 0 Å². The highest BCUT2D eigenvalue weighted by atomic mass is 35.5. The molecule has 0 heterocycles. The maximum atomic E-state index is 13.3. The summed E-state index contributed by atoms with van der Waals surface area (Å²) in [5, 5.41) is 0. The zero-order valence-electron chi connectivity index (χ0n) is 10.3. The van der Waals surface area contributed by atoms with Gasteiger partial charge in [0.15, 0.2) is 23.3 Å². The van der Waals surface area contributed by atoms with Crippen LogP contribution in [0.3, 0.4) is 0 Å². The highest BCUT2D eigenvalue weighted by Gasteiger charge is 2.43. The van der Waals surface area contributed by atoms with E-state index in [1.807, 2.05) is 0 Å². The van der Waals surface area contributed by atoms with Crippen molar-refractivity contribution in [2.24, 2.45) is 11.8 Å². The average molecular weight is 343 g/mol. The Labute approximate surface area is 127 Å². The van der Waals surface area contributed by atoms with Crippen LogP contribution in [0, 0.1) is 35.1 Å². The van der Waals surface area contributed by atoms with E-state index in [2.05, 4.69) is 4.74 Å². The number of carbonyl (C=O) groups excluding carboxylic acids is 1. The Morgan fingerprint density at radius 3 is 2.33 bits per heavy atom. The monoisotopic (exact) mass is 342 g/mol. The summed E-state index contributed by atoms with van der Waals surface area (Å²) in [5.41, 5.74) is -0.969. The standard InChI is InChI=1S/C13H8Cl2F4O2/c14-10(15)2-5-1-6(5)13(20)21-4-7-11(18)8(16)3-9(17)12(7)19/h2-3,5-6H,1,4H2/t5-,6+/m1/s1. The Morgan fingerprint density at radius 2 is 1.81 bits per heavy atom. The van der Waals surface area contributed by atoms with E-state index in [1.54, 1.807) is 0 Å². The van der Waals surface area contributed by atoms with Gasteiger partial charge in [-0.05, 0) is 12.3 Å². The predicted molar refractivity (Wildman–Crippen MR) is 67.5 cm³/mol. The highest BCUT2D eigenvalue weighted by Crippen LogP contribution is 2.42. The minimum absolute atomic E-state index is 0.000379. The lowest BCUT2D eigenvalue weighted by molar-refractivity contribution is -0.146. The van der Waals surface area contributed by atoms with Crippen LogP contribution in [0.1, 0.15) is 12.0 Å². The smallest absolute Gasteiger partial charge is 0.309 e. The first-order valence-electron chi connectivity index (χ1n) is 5.82. The van der Waals surface area contributed by atoms with Gasteiger partial charge in [0.05, 0.1) is 11.5 Å². The second-order valence-corrected chi connectivity index (χ2v) is 5.52. The van der Waals surface area contributed by atoms with Crippen molar-refractivity contribution in [2.45, 2.75) is 13.0 Å². The maximum absolute atomic E-state index is 13.3. The number of carbonyl (C=O) groups is 1. The fourth-order valence-electron chi connectivity index (χ4n) is 1.83. The van der Waals surface area contributed by atoms with Gasteiger partial charge in [-0.25, -0.2) is 17.6 Å². The number of esters is 1. The number of ether oxygens (including phenoxy) is 1. The summed E-state index contributed by atoms with van der Waals surface area (Å²) in [7, 11) is 0. The molecule has 1 aliphatic rings. The lowest BCUT2D eigenvalue weighted by Gasteiger charge is -2.08. The van der Waals surface area contributed by atoms with Crippen molar-refractivity contribution in [3.05, 3.63) is 45.5 Å². The van der Waals surface area contributed by atoms with E-state index in [1.165, 1.54) is 6.08 Å². The van der Waals surface area contributed by atoms with Crippen LogP contribution in [0.2, 0.25) is 0 Å². The first-order valence-corrected chi connectivity index (χ1v) is 6.58. The highest BCUT2D eigenvalue weighted by molar-refractivity contribution is 6.55. The van der Waals surface area contributed by atoms with E-state index in [9.17, 15) is 22.4 Å². The topological polar surface area (TPSA) is 26.3 Å². The van der Waals surface area contributed by atoms with Crippen molar-refractivity contribution >= 4 is 29.2 Å². The second-order valence-electron chi connectivity index (χ2n) is 4.52. The molecule has 1 aromatic carbocycles. The van der Waals surface area contributed by atoms with E-state index in [0.717, 1.165) is 0 Å². The molecular formula is C13H8Cl2F4O2. The summed E-state index contributed by atoms with van der Waals surface area (Å²) in [6.45, 7) is -0.896. The summed E-state index contributed by atoms with van der Waals surface area (Å²) in [6, 6.07) is 0.0835. The van der Waals surface area contributed by atoms with Crippen LogP contribution in [0.15, 0.2) is 16.6 Å². The Hall–Kier alpha value is -1.27. The molecule has 0 N–H and O–H groups in total. The van der Waals surface area contributed by atoms with Crippen molar-refractivity contribution in [3.8, 4) is 0 Å². The fourth-order valence-corrected chi connectivity index (χ4v) is 2.16. The number of hydrogen-bond donors (Lipinski definition) is 0. The van der Waals surface area contributed by atoms with Gasteiger partial charge < -0.3 is 4.74 Å². The van der Waals surface area contributed by atoms with E-state index in [-0.39, 0.29) is 16.5 Å². The van der Waals surface area contributed by atoms with Crippen molar-refractivity contribution in [1.82, 2.24) is 0 Å². The molecule has 8 heteroatoms. The molecule has 0 aromatic heterocycles. The maximum Gasteiger partial charge on any atom is 0.309 e. The summed E-state index contributed by atoms with van der Waals surface area (Å²) >= 11 is 10.8. The molecule has 0 saturated heterocycles. The van der Waals surface area contributed by atoms with Crippen molar-refractivity contribution in [3.63, 3.8) is 0 Å². The summed E-state index contributed by atoms with van der Waals surface area (Å²) < 4.78 is 57.3. The molecular weight excluding hydrogens is 335 g/mol. The molecule has 0 radical (unpaired) electrons. The molecule has 2 nitrogen and oxygen atoms in total.